The second-order valence-corrected chi connectivity index (χ2v) is 3.39. The summed E-state index contributed by atoms with van der Waals surface area (Å²) in [5.74, 6) is -0.593. The van der Waals surface area contributed by atoms with Crippen LogP contribution in [-0.2, 0) is 22.6 Å². The molecule has 0 fully saturated rings. The third-order valence-electron chi connectivity index (χ3n) is 2.24. The molecule has 5 heteroatoms. The number of phenols is 1. The van der Waals surface area contributed by atoms with E-state index in [4.69, 9.17) is 15.1 Å². The lowest BCUT2D eigenvalue weighted by Crippen LogP contribution is -2.08. The van der Waals surface area contributed by atoms with E-state index in [9.17, 15) is 9.90 Å². The number of rotatable bonds is 4. The zero-order chi connectivity index (χ0) is 12.8. The first-order chi connectivity index (χ1) is 8.12. The first-order valence-electron chi connectivity index (χ1n) is 5.13. The highest BCUT2D eigenvalue weighted by Crippen LogP contribution is 2.23. The molecule has 0 radical (unpaired) electrons. The van der Waals surface area contributed by atoms with E-state index in [2.05, 4.69) is 0 Å². The van der Waals surface area contributed by atoms with Gasteiger partial charge in [0.05, 0.1) is 31.3 Å². The van der Waals surface area contributed by atoms with Crippen molar-refractivity contribution in [3.8, 4) is 11.8 Å². The Hall–Kier alpha value is -2.06. The molecule has 2 N–H and O–H groups in total. The quantitative estimate of drug-likeness (QED) is 0.755. The van der Waals surface area contributed by atoms with Gasteiger partial charge in [0.1, 0.15) is 5.75 Å². The van der Waals surface area contributed by atoms with Crippen molar-refractivity contribution >= 4 is 5.97 Å². The van der Waals surface area contributed by atoms with Crippen LogP contribution in [0.1, 0.15) is 23.6 Å². The first kappa shape index (κ1) is 13.0. The number of aromatic hydroxyl groups is 1. The molecule has 0 heterocycles. The molecular weight excluding hydrogens is 222 g/mol. The molecular formula is C12H13NO4. The monoisotopic (exact) mass is 235 g/mol. The van der Waals surface area contributed by atoms with E-state index in [1.807, 2.05) is 6.07 Å². The van der Waals surface area contributed by atoms with Gasteiger partial charge in [-0.25, -0.2) is 0 Å². The minimum Gasteiger partial charge on any atom is -0.508 e. The van der Waals surface area contributed by atoms with E-state index in [1.165, 1.54) is 12.1 Å². The Kier molecular flexibility index (Phi) is 4.49. The van der Waals surface area contributed by atoms with Crippen molar-refractivity contribution in [3.63, 3.8) is 0 Å². The summed E-state index contributed by atoms with van der Waals surface area (Å²) in [6, 6.07) is 4.57. The molecule has 0 spiro atoms. The largest absolute Gasteiger partial charge is 0.508 e. The summed E-state index contributed by atoms with van der Waals surface area (Å²) in [4.78, 5) is 11.3. The fourth-order valence-electron chi connectivity index (χ4n) is 1.42. The van der Waals surface area contributed by atoms with E-state index in [-0.39, 0.29) is 30.9 Å². The Morgan fingerprint density at radius 1 is 1.47 bits per heavy atom. The van der Waals surface area contributed by atoms with Gasteiger partial charge in [-0.1, -0.05) is 0 Å². The van der Waals surface area contributed by atoms with Crippen LogP contribution in [0.25, 0.3) is 0 Å². The molecule has 1 aromatic carbocycles. The molecule has 0 bridgehead atoms. The zero-order valence-corrected chi connectivity index (χ0v) is 9.43. The topological polar surface area (TPSA) is 90.6 Å². The van der Waals surface area contributed by atoms with E-state index in [0.717, 1.165) is 0 Å². The second kappa shape index (κ2) is 5.87. The van der Waals surface area contributed by atoms with Crippen molar-refractivity contribution < 1.29 is 19.7 Å². The summed E-state index contributed by atoms with van der Waals surface area (Å²) in [7, 11) is 0. The Morgan fingerprint density at radius 2 is 2.18 bits per heavy atom. The van der Waals surface area contributed by atoms with E-state index >= 15 is 0 Å². The van der Waals surface area contributed by atoms with Gasteiger partial charge in [0.15, 0.2) is 0 Å². The van der Waals surface area contributed by atoms with Crippen LogP contribution in [0.15, 0.2) is 12.1 Å². The maximum Gasteiger partial charge on any atom is 0.310 e. The van der Waals surface area contributed by atoms with Crippen LogP contribution >= 0.6 is 0 Å². The van der Waals surface area contributed by atoms with Crippen LogP contribution in [0.2, 0.25) is 0 Å². The highest BCUT2D eigenvalue weighted by molar-refractivity contribution is 5.74. The summed E-state index contributed by atoms with van der Waals surface area (Å²) in [6.45, 7) is 1.61. The van der Waals surface area contributed by atoms with Crippen molar-refractivity contribution in [2.45, 2.75) is 20.0 Å². The summed E-state index contributed by atoms with van der Waals surface area (Å²) >= 11 is 0. The average molecular weight is 235 g/mol. The van der Waals surface area contributed by atoms with E-state index in [1.54, 1.807) is 6.92 Å². The third kappa shape index (κ3) is 3.20. The molecule has 0 aliphatic heterocycles. The molecule has 0 saturated carbocycles. The van der Waals surface area contributed by atoms with Crippen LogP contribution in [-0.4, -0.2) is 22.8 Å². The van der Waals surface area contributed by atoms with Gasteiger partial charge in [0, 0.05) is 5.56 Å². The maximum absolute atomic E-state index is 11.3. The lowest BCUT2D eigenvalue weighted by molar-refractivity contribution is -0.142. The van der Waals surface area contributed by atoms with Crippen LogP contribution < -0.4 is 0 Å². The zero-order valence-electron chi connectivity index (χ0n) is 9.43. The third-order valence-corrected chi connectivity index (χ3v) is 2.24. The smallest absolute Gasteiger partial charge is 0.310 e. The fraction of sp³-hybridized carbons (Fsp3) is 0.333. The standard InChI is InChI=1S/C12H13NO4/c1-2-17-12(16)5-8-3-9(6-13)10(7-14)4-11(8)15/h3-4,14-15H,2,5,7H2,1H3. The van der Waals surface area contributed by atoms with Gasteiger partial charge in [0.2, 0.25) is 0 Å². The van der Waals surface area contributed by atoms with Gasteiger partial charge in [-0.3, -0.25) is 4.79 Å². The average Bonchev–Trinajstić information content (AvgIpc) is 2.31. The minimum atomic E-state index is -0.469. The van der Waals surface area contributed by atoms with Gasteiger partial charge < -0.3 is 14.9 Å². The summed E-state index contributed by atoms with van der Waals surface area (Å²) in [5, 5.41) is 27.5. The van der Waals surface area contributed by atoms with Gasteiger partial charge in [0.25, 0.3) is 0 Å². The summed E-state index contributed by atoms with van der Waals surface area (Å²) in [6.07, 6.45) is -0.0972. The highest BCUT2D eigenvalue weighted by atomic mass is 16.5. The Labute approximate surface area is 98.9 Å². The molecule has 5 nitrogen and oxygen atoms in total. The molecule has 0 saturated heterocycles. The Balaban J connectivity index is 3.01. The lowest BCUT2D eigenvalue weighted by Gasteiger charge is -2.07. The summed E-state index contributed by atoms with van der Waals surface area (Å²) in [5.41, 5.74) is 0.888. The number of aliphatic hydroxyl groups excluding tert-OH is 1. The lowest BCUT2D eigenvalue weighted by atomic mass is 10.0. The van der Waals surface area contributed by atoms with Crippen LogP contribution in [0, 0.1) is 11.3 Å². The molecule has 17 heavy (non-hydrogen) atoms. The Bertz CT molecular complexity index is 462. The highest BCUT2D eigenvalue weighted by Gasteiger charge is 2.12. The van der Waals surface area contributed by atoms with E-state index in [0.29, 0.717) is 11.1 Å². The number of ether oxygens (including phenoxy) is 1. The van der Waals surface area contributed by atoms with Gasteiger partial charge in [-0.2, -0.15) is 5.26 Å². The normalized spacial score (nSPS) is 9.71. The molecule has 0 unspecified atom stereocenters. The first-order valence-corrected chi connectivity index (χ1v) is 5.13. The second-order valence-electron chi connectivity index (χ2n) is 3.39. The number of hydrogen-bond donors (Lipinski definition) is 2. The Morgan fingerprint density at radius 3 is 2.71 bits per heavy atom. The van der Waals surface area contributed by atoms with Crippen molar-refractivity contribution in [1.29, 1.82) is 5.26 Å². The molecule has 0 aliphatic carbocycles. The maximum atomic E-state index is 11.3. The number of carbonyl (C=O) groups excluding carboxylic acids is 1. The number of carbonyl (C=O) groups is 1. The van der Waals surface area contributed by atoms with Gasteiger partial charge >= 0.3 is 5.97 Å². The van der Waals surface area contributed by atoms with Crippen molar-refractivity contribution in [3.05, 3.63) is 28.8 Å². The molecule has 1 aromatic rings. The fourth-order valence-corrected chi connectivity index (χ4v) is 1.42. The van der Waals surface area contributed by atoms with Gasteiger partial charge in [-0.15, -0.1) is 0 Å². The van der Waals surface area contributed by atoms with Crippen molar-refractivity contribution in [2.75, 3.05) is 6.61 Å². The number of aliphatic hydroxyl groups is 1. The molecule has 1 rings (SSSR count). The SMILES string of the molecule is CCOC(=O)Cc1cc(C#N)c(CO)cc1O. The van der Waals surface area contributed by atoms with Crippen LogP contribution in [0.4, 0.5) is 0 Å². The molecule has 0 aromatic heterocycles. The summed E-state index contributed by atoms with van der Waals surface area (Å²) < 4.78 is 4.75. The number of nitriles is 1. The molecule has 0 aliphatic rings. The van der Waals surface area contributed by atoms with Crippen molar-refractivity contribution in [1.82, 2.24) is 0 Å². The van der Waals surface area contributed by atoms with E-state index < -0.39 is 5.97 Å². The van der Waals surface area contributed by atoms with Crippen LogP contribution in [0.5, 0.6) is 5.75 Å². The van der Waals surface area contributed by atoms with Crippen LogP contribution in [0.3, 0.4) is 0 Å². The number of nitrogens with zero attached hydrogens (tertiary/aromatic N) is 1. The molecule has 0 amide bonds. The number of hydrogen-bond acceptors (Lipinski definition) is 5. The number of phenolic OH excluding ortho intramolecular Hbond substituents is 1. The van der Waals surface area contributed by atoms with Gasteiger partial charge in [-0.05, 0) is 24.6 Å². The molecule has 90 valence electrons. The van der Waals surface area contributed by atoms with Crippen molar-refractivity contribution in [2.24, 2.45) is 0 Å². The predicted molar refractivity (Wildman–Crippen MR) is 59.1 cm³/mol. The minimum absolute atomic E-state index is 0.0972. The molecule has 0 atom stereocenters. The number of esters is 1. The number of benzene rings is 1. The predicted octanol–water partition coefficient (Wildman–Crippen LogP) is 0.862.